The number of nitrogens with one attached hydrogen (secondary N) is 2. The maximum Gasteiger partial charge on any atom is 0.162 e. The van der Waals surface area contributed by atoms with Crippen molar-refractivity contribution in [2.24, 2.45) is 0 Å². The first-order valence-corrected chi connectivity index (χ1v) is 3.15. The summed E-state index contributed by atoms with van der Waals surface area (Å²) in [5.74, 6) is -0.200. The Balaban J connectivity index is 3.50. The third-order valence-electron chi connectivity index (χ3n) is 1.13. The molecular weight excluding hydrogens is 132 g/mol. The molecule has 0 rings (SSSR count). The molecule has 0 amide bonds. The van der Waals surface area contributed by atoms with Gasteiger partial charge in [0, 0.05) is 13.0 Å². The van der Waals surface area contributed by atoms with Crippen LogP contribution in [-0.2, 0) is 4.79 Å². The molecule has 0 aromatic rings. The third-order valence-corrected chi connectivity index (χ3v) is 1.13. The molecular formula is C6H12N2O2. The predicted molar refractivity (Wildman–Crippen MR) is 38.1 cm³/mol. The molecule has 0 aromatic heterocycles. The summed E-state index contributed by atoms with van der Waals surface area (Å²) in [5, 5.41) is 17.9. The van der Waals surface area contributed by atoms with Gasteiger partial charge in [-0.25, -0.2) is 0 Å². The molecule has 0 radical (unpaired) electrons. The van der Waals surface area contributed by atoms with E-state index < -0.39 is 6.10 Å². The molecule has 0 bridgehead atoms. The molecule has 0 aliphatic carbocycles. The fourth-order valence-electron chi connectivity index (χ4n) is 0.520. The minimum Gasteiger partial charge on any atom is -0.383 e. The van der Waals surface area contributed by atoms with Gasteiger partial charge in [0.2, 0.25) is 0 Å². The SMILES string of the molecule is CCC(=O)[C@@H](O)CNC=N. The quantitative estimate of drug-likeness (QED) is 0.360. The van der Waals surface area contributed by atoms with Gasteiger partial charge < -0.3 is 10.4 Å². The Labute approximate surface area is 59.8 Å². The van der Waals surface area contributed by atoms with Gasteiger partial charge in [0.15, 0.2) is 5.78 Å². The Hall–Kier alpha value is -0.900. The second kappa shape index (κ2) is 4.93. The fourth-order valence-corrected chi connectivity index (χ4v) is 0.520. The first-order valence-electron chi connectivity index (χ1n) is 3.15. The molecule has 0 saturated carbocycles. The van der Waals surface area contributed by atoms with Crippen molar-refractivity contribution in [3.05, 3.63) is 0 Å². The zero-order chi connectivity index (χ0) is 7.98. The van der Waals surface area contributed by atoms with Crippen molar-refractivity contribution in [1.29, 1.82) is 5.41 Å². The average molecular weight is 144 g/mol. The summed E-state index contributed by atoms with van der Waals surface area (Å²) < 4.78 is 0. The smallest absolute Gasteiger partial charge is 0.162 e. The number of rotatable bonds is 5. The van der Waals surface area contributed by atoms with Crippen LogP contribution >= 0.6 is 0 Å². The minimum absolute atomic E-state index is 0.135. The van der Waals surface area contributed by atoms with E-state index in [0.717, 1.165) is 6.34 Å². The maximum absolute atomic E-state index is 10.7. The second-order valence-electron chi connectivity index (χ2n) is 1.89. The molecule has 0 saturated heterocycles. The highest BCUT2D eigenvalue weighted by Gasteiger charge is 2.10. The van der Waals surface area contributed by atoms with Crippen molar-refractivity contribution in [2.45, 2.75) is 19.4 Å². The lowest BCUT2D eigenvalue weighted by Crippen LogP contribution is -2.31. The summed E-state index contributed by atoms with van der Waals surface area (Å²) in [7, 11) is 0. The van der Waals surface area contributed by atoms with Crippen molar-refractivity contribution in [2.75, 3.05) is 6.54 Å². The Bertz CT molecular complexity index is 125. The van der Waals surface area contributed by atoms with Crippen LogP contribution in [0.1, 0.15) is 13.3 Å². The number of aliphatic hydroxyl groups excluding tert-OH is 1. The van der Waals surface area contributed by atoms with Crippen molar-refractivity contribution >= 4 is 12.1 Å². The topological polar surface area (TPSA) is 73.2 Å². The second-order valence-corrected chi connectivity index (χ2v) is 1.89. The van der Waals surface area contributed by atoms with Crippen LogP contribution in [0.5, 0.6) is 0 Å². The molecule has 4 nitrogen and oxygen atoms in total. The highest BCUT2D eigenvalue weighted by Crippen LogP contribution is 1.87. The highest BCUT2D eigenvalue weighted by atomic mass is 16.3. The van der Waals surface area contributed by atoms with Gasteiger partial charge in [-0.1, -0.05) is 6.92 Å². The molecule has 1 atom stereocenters. The van der Waals surface area contributed by atoms with Gasteiger partial charge in [0.25, 0.3) is 0 Å². The standard InChI is InChI=1S/C6H12N2O2/c1-2-5(9)6(10)3-8-4-7/h4,6,10H,2-3H2,1H3,(H2,7,8)/t6-/m0/s1. The van der Waals surface area contributed by atoms with Gasteiger partial charge in [0.05, 0.1) is 6.34 Å². The lowest BCUT2D eigenvalue weighted by molar-refractivity contribution is -0.126. The number of ketones is 1. The molecule has 0 heterocycles. The summed E-state index contributed by atoms with van der Waals surface area (Å²) in [6, 6.07) is 0. The van der Waals surface area contributed by atoms with Crippen LogP contribution in [0.25, 0.3) is 0 Å². The van der Waals surface area contributed by atoms with Gasteiger partial charge >= 0.3 is 0 Å². The first-order chi connectivity index (χ1) is 4.72. The zero-order valence-electron chi connectivity index (χ0n) is 5.92. The van der Waals surface area contributed by atoms with Crippen LogP contribution in [0, 0.1) is 5.41 Å². The average Bonchev–Trinajstić information content (AvgIpc) is 1.98. The van der Waals surface area contributed by atoms with Crippen molar-refractivity contribution in [3.63, 3.8) is 0 Å². The number of Topliss-reactive ketones (excluding diaryl/α,β-unsaturated/α-hetero) is 1. The molecule has 10 heavy (non-hydrogen) atoms. The number of carbonyl (C=O) groups is 1. The van der Waals surface area contributed by atoms with E-state index in [4.69, 9.17) is 10.5 Å². The van der Waals surface area contributed by atoms with Crippen LogP contribution in [0.4, 0.5) is 0 Å². The number of carbonyl (C=O) groups excluding carboxylic acids is 1. The van der Waals surface area contributed by atoms with Crippen LogP contribution in [0.15, 0.2) is 0 Å². The Morgan fingerprint density at radius 2 is 2.50 bits per heavy atom. The van der Waals surface area contributed by atoms with E-state index in [9.17, 15) is 4.79 Å². The molecule has 0 unspecified atom stereocenters. The third kappa shape index (κ3) is 3.19. The predicted octanol–water partition coefficient (Wildman–Crippen LogP) is -0.477. The van der Waals surface area contributed by atoms with E-state index in [1.807, 2.05) is 0 Å². The molecule has 4 heteroatoms. The molecule has 0 aliphatic heterocycles. The van der Waals surface area contributed by atoms with Gasteiger partial charge in [-0.15, -0.1) is 0 Å². The van der Waals surface area contributed by atoms with Crippen molar-refractivity contribution < 1.29 is 9.90 Å². The van der Waals surface area contributed by atoms with E-state index in [-0.39, 0.29) is 12.3 Å². The Morgan fingerprint density at radius 1 is 1.90 bits per heavy atom. The van der Waals surface area contributed by atoms with E-state index in [0.29, 0.717) is 6.42 Å². The number of hydrogen-bond acceptors (Lipinski definition) is 3. The largest absolute Gasteiger partial charge is 0.383 e. The minimum atomic E-state index is -0.966. The lowest BCUT2D eigenvalue weighted by atomic mass is 10.2. The fraction of sp³-hybridized carbons (Fsp3) is 0.667. The van der Waals surface area contributed by atoms with Crippen molar-refractivity contribution in [1.82, 2.24) is 5.32 Å². The molecule has 0 aliphatic rings. The molecule has 3 N–H and O–H groups in total. The van der Waals surface area contributed by atoms with Gasteiger partial charge in [-0.2, -0.15) is 0 Å². The molecule has 0 spiro atoms. The van der Waals surface area contributed by atoms with Gasteiger partial charge in [-0.05, 0) is 0 Å². The van der Waals surface area contributed by atoms with Crippen LogP contribution in [0.3, 0.4) is 0 Å². The summed E-state index contributed by atoms with van der Waals surface area (Å²) in [6.45, 7) is 1.83. The molecule has 0 fully saturated rings. The van der Waals surface area contributed by atoms with Crippen LogP contribution in [0.2, 0.25) is 0 Å². The molecule has 58 valence electrons. The Morgan fingerprint density at radius 3 is 2.90 bits per heavy atom. The van der Waals surface area contributed by atoms with E-state index in [1.54, 1.807) is 6.92 Å². The van der Waals surface area contributed by atoms with Crippen molar-refractivity contribution in [3.8, 4) is 0 Å². The van der Waals surface area contributed by atoms with E-state index in [2.05, 4.69) is 5.32 Å². The summed E-state index contributed by atoms with van der Waals surface area (Å²) in [4.78, 5) is 10.7. The molecule has 0 aromatic carbocycles. The monoisotopic (exact) mass is 144 g/mol. The van der Waals surface area contributed by atoms with Gasteiger partial charge in [0.1, 0.15) is 6.10 Å². The summed E-state index contributed by atoms with van der Waals surface area (Å²) >= 11 is 0. The Kier molecular flexibility index (Phi) is 4.49. The highest BCUT2D eigenvalue weighted by molar-refractivity contribution is 5.82. The zero-order valence-corrected chi connectivity index (χ0v) is 5.92. The van der Waals surface area contributed by atoms with E-state index >= 15 is 0 Å². The summed E-state index contributed by atoms with van der Waals surface area (Å²) in [6.07, 6.45) is 0.319. The summed E-state index contributed by atoms with van der Waals surface area (Å²) in [5.41, 5.74) is 0. The first kappa shape index (κ1) is 9.10. The van der Waals surface area contributed by atoms with Crippen LogP contribution < -0.4 is 5.32 Å². The number of aliphatic hydroxyl groups is 1. The van der Waals surface area contributed by atoms with Crippen LogP contribution in [-0.4, -0.2) is 29.9 Å². The maximum atomic E-state index is 10.7. The lowest BCUT2D eigenvalue weighted by Gasteiger charge is -2.05. The number of hydrogen-bond donors (Lipinski definition) is 3. The van der Waals surface area contributed by atoms with Gasteiger partial charge in [-0.3, -0.25) is 10.2 Å². The normalized spacial score (nSPS) is 12.2. The van der Waals surface area contributed by atoms with E-state index in [1.165, 1.54) is 0 Å².